The lowest BCUT2D eigenvalue weighted by Gasteiger charge is -2.16. The van der Waals surface area contributed by atoms with Crippen molar-refractivity contribution < 1.29 is 23.9 Å². The van der Waals surface area contributed by atoms with Crippen molar-refractivity contribution in [2.24, 2.45) is 16.8 Å². The first kappa shape index (κ1) is 16.1. The van der Waals surface area contributed by atoms with Gasteiger partial charge in [-0.3, -0.25) is 19.4 Å². The lowest BCUT2D eigenvalue weighted by Crippen LogP contribution is -2.37. The van der Waals surface area contributed by atoms with Gasteiger partial charge in [0.15, 0.2) is 5.92 Å². The number of ether oxygens (including phenoxy) is 2. The molecule has 1 heterocycles. The Bertz CT molecular complexity index is 434. The molecule has 1 fully saturated rings. The van der Waals surface area contributed by atoms with E-state index in [1.54, 1.807) is 0 Å². The molecule has 7 nitrogen and oxygen atoms in total. The molecular weight excluding hydrogens is 264 g/mol. The van der Waals surface area contributed by atoms with Crippen LogP contribution in [0.15, 0.2) is 4.99 Å². The number of aliphatic imine (C=N–C) groups is 1. The number of amidine groups is 1. The number of carbonyl (C=O) groups is 3. The summed E-state index contributed by atoms with van der Waals surface area (Å²) in [6.07, 6.45) is 0.185. The minimum Gasteiger partial charge on any atom is -0.468 e. The van der Waals surface area contributed by atoms with E-state index in [1.807, 2.05) is 20.8 Å². The summed E-state index contributed by atoms with van der Waals surface area (Å²) >= 11 is 0. The molecule has 1 amide bonds. The smallest absolute Gasteiger partial charge is 0.320 e. The zero-order valence-electron chi connectivity index (χ0n) is 12.4. The Hall–Kier alpha value is -1.92. The Morgan fingerprint density at radius 3 is 2.15 bits per heavy atom. The summed E-state index contributed by atoms with van der Waals surface area (Å²) in [5.74, 6) is -3.64. The third kappa shape index (κ3) is 3.79. The quantitative estimate of drug-likeness (QED) is 0.593. The Labute approximate surface area is 117 Å². The van der Waals surface area contributed by atoms with Gasteiger partial charge in [-0.2, -0.15) is 0 Å². The lowest BCUT2D eigenvalue weighted by molar-refractivity contribution is -0.163. The van der Waals surface area contributed by atoms with E-state index in [2.05, 4.69) is 19.8 Å². The van der Waals surface area contributed by atoms with Crippen molar-refractivity contribution in [1.29, 1.82) is 0 Å². The average Bonchev–Trinajstić information content (AvgIpc) is 2.67. The largest absolute Gasteiger partial charge is 0.468 e. The van der Waals surface area contributed by atoms with Crippen molar-refractivity contribution in [3.8, 4) is 0 Å². The molecular formula is C13H20N2O5. The van der Waals surface area contributed by atoms with Crippen molar-refractivity contribution in [3.63, 3.8) is 0 Å². The van der Waals surface area contributed by atoms with Crippen LogP contribution in [-0.4, -0.2) is 43.4 Å². The summed E-state index contributed by atoms with van der Waals surface area (Å²) in [6.45, 7) is 5.66. The Morgan fingerprint density at radius 1 is 1.25 bits per heavy atom. The van der Waals surface area contributed by atoms with Gasteiger partial charge in [0.2, 0.25) is 5.91 Å². The van der Waals surface area contributed by atoms with Gasteiger partial charge in [0.05, 0.1) is 25.7 Å². The van der Waals surface area contributed by atoms with E-state index >= 15 is 0 Å². The molecule has 1 saturated heterocycles. The first-order chi connectivity index (χ1) is 9.19. The lowest BCUT2D eigenvalue weighted by atomic mass is 9.90. The van der Waals surface area contributed by atoms with Crippen molar-refractivity contribution >= 4 is 23.7 Å². The average molecular weight is 284 g/mol. The van der Waals surface area contributed by atoms with E-state index < -0.39 is 29.7 Å². The number of amides is 1. The summed E-state index contributed by atoms with van der Waals surface area (Å²) < 4.78 is 9.15. The van der Waals surface area contributed by atoms with Gasteiger partial charge in [0, 0.05) is 6.42 Å². The maximum atomic E-state index is 11.9. The second-order valence-electron chi connectivity index (χ2n) is 5.55. The molecule has 0 aromatic carbocycles. The molecule has 1 aliphatic rings. The summed E-state index contributed by atoms with van der Waals surface area (Å²) in [5.41, 5.74) is -0.358. The highest BCUT2D eigenvalue weighted by molar-refractivity contribution is 6.10. The fourth-order valence-electron chi connectivity index (χ4n) is 2.01. The highest BCUT2D eigenvalue weighted by Gasteiger charge is 2.45. The highest BCUT2D eigenvalue weighted by Crippen LogP contribution is 2.25. The van der Waals surface area contributed by atoms with Crippen LogP contribution in [-0.2, 0) is 23.9 Å². The van der Waals surface area contributed by atoms with E-state index in [1.165, 1.54) is 0 Å². The van der Waals surface area contributed by atoms with Gasteiger partial charge in [-0.25, -0.2) is 0 Å². The second-order valence-corrected chi connectivity index (χ2v) is 5.55. The Morgan fingerprint density at radius 2 is 1.75 bits per heavy atom. The van der Waals surface area contributed by atoms with E-state index in [4.69, 9.17) is 0 Å². The topological polar surface area (TPSA) is 94.1 Å². The van der Waals surface area contributed by atoms with Crippen LogP contribution in [0, 0.1) is 11.8 Å². The van der Waals surface area contributed by atoms with Gasteiger partial charge in [0.1, 0.15) is 5.84 Å². The maximum absolute atomic E-state index is 11.9. The van der Waals surface area contributed by atoms with E-state index in [9.17, 15) is 14.4 Å². The molecule has 0 aliphatic carbocycles. The van der Waals surface area contributed by atoms with Gasteiger partial charge >= 0.3 is 11.9 Å². The monoisotopic (exact) mass is 284 g/mol. The molecule has 0 spiro atoms. The standard InChI is InChI=1S/C13H20N2O5/c1-13(2,3)15-8-6-7(10(16)14-8)9(11(17)19-4)12(18)20-5/h7,9H,6H2,1-5H3,(H,14,15,16). The van der Waals surface area contributed by atoms with Crippen LogP contribution in [0.2, 0.25) is 0 Å². The summed E-state index contributed by atoms with van der Waals surface area (Å²) in [4.78, 5) is 39.7. The molecule has 1 atom stereocenters. The minimum absolute atomic E-state index is 0.185. The number of carbonyl (C=O) groups excluding carboxylic acids is 3. The van der Waals surface area contributed by atoms with Gasteiger partial charge in [0.25, 0.3) is 0 Å². The van der Waals surface area contributed by atoms with E-state index in [0.29, 0.717) is 5.84 Å². The minimum atomic E-state index is -1.27. The fraction of sp³-hybridized carbons (Fsp3) is 0.692. The molecule has 7 heteroatoms. The molecule has 1 rings (SSSR count). The maximum Gasteiger partial charge on any atom is 0.320 e. The summed E-state index contributed by atoms with van der Waals surface area (Å²) in [7, 11) is 2.32. The number of methoxy groups -OCH3 is 2. The summed E-state index contributed by atoms with van der Waals surface area (Å²) in [5, 5.41) is 2.59. The van der Waals surface area contributed by atoms with Gasteiger partial charge in [-0.15, -0.1) is 0 Å². The van der Waals surface area contributed by atoms with E-state index in [-0.39, 0.29) is 12.0 Å². The van der Waals surface area contributed by atoms with Crippen LogP contribution >= 0.6 is 0 Å². The SMILES string of the molecule is COC(=O)C(C(=O)OC)C1CC(=NC(C)(C)C)NC1=O. The predicted octanol–water partition coefficient (Wildman–Crippen LogP) is 0.282. The van der Waals surface area contributed by atoms with Gasteiger partial charge in [-0.05, 0) is 20.8 Å². The highest BCUT2D eigenvalue weighted by atomic mass is 16.5. The van der Waals surface area contributed by atoms with E-state index in [0.717, 1.165) is 14.2 Å². The van der Waals surface area contributed by atoms with Crippen LogP contribution in [0.5, 0.6) is 0 Å². The molecule has 0 radical (unpaired) electrons. The number of hydrogen-bond acceptors (Lipinski definition) is 6. The third-order valence-corrected chi connectivity index (χ3v) is 2.80. The zero-order chi connectivity index (χ0) is 15.5. The molecule has 0 bridgehead atoms. The van der Waals surface area contributed by atoms with Crippen LogP contribution < -0.4 is 5.32 Å². The zero-order valence-corrected chi connectivity index (χ0v) is 12.4. The summed E-state index contributed by atoms with van der Waals surface area (Å²) in [6, 6.07) is 0. The fourth-order valence-corrected chi connectivity index (χ4v) is 2.01. The van der Waals surface area contributed by atoms with Gasteiger partial charge in [-0.1, -0.05) is 0 Å². The third-order valence-electron chi connectivity index (χ3n) is 2.80. The Kier molecular flexibility index (Phi) is 4.86. The number of nitrogens with one attached hydrogen (secondary N) is 1. The van der Waals surface area contributed by atoms with Crippen LogP contribution in [0.4, 0.5) is 0 Å². The van der Waals surface area contributed by atoms with Crippen LogP contribution in [0.1, 0.15) is 27.2 Å². The second kappa shape index (κ2) is 6.02. The first-order valence-electron chi connectivity index (χ1n) is 6.25. The number of rotatable bonds is 3. The van der Waals surface area contributed by atoms with Crippen molar-refractivity contribution in [2.75, 3.05) is 14.2 Å². The molecule has 1 unspecified atom stereocenters. The number of nitrogens with zero attached hydrogens (tertiary/aromatic N) is 1. The van der Waals surface area contributed by atoms with Gasteiger partial charge < -0.3 is 14.8 Å². The van der Waals surface area contributed by atoms with Crippen molar-refractivity contribution in [2.45, 2.75) is 32.7 Å². The number of hydrogen-bond donors (Lipinski definition) is 1. The number of esters is 2. The first-order valence-corrected chi connectivity index (χ1v) is 6.25. The molecule has 112 valence electrons. The molecule has 1 aliphatic heterocycles. The van der Waals surface area contributed by atoms with Crippen LogP contribution in [0.3, 0.4) is 0 Å². The molecule has 20 heavy (non-hydrogen) atoms. The van der Waals surface area contributed by atoms with Crippen LogP contribution in [0.25, 0.3) is 0 Å². The normalized spacial score (nSPS) is 21.0. The predicted molar refractivity (Wildman–Crippen MR) is 71.0 cm³/mol. The molecule has 1 N–H and O–H groups in total. The molecule has 0 aromatic heterocycles. The van der Waals surface area contributed by atoms with Crippen molar-refractivity contribution in [1.82, 2.24) is 5.32 Å². The van der Waals surface area contributed by atoms with Crippen molar-refractivity contribution in [3.05, 3.63) is 0 Å². The molecule has 0 aromatic rings. The molecule has 0 saturated carbocycles. The Balaban J connectivity index is 3.00.